The molecule has 0 saturated carbocycles. The highest BCUT2D eigenvalue weighted by molar-refractivity contribution is 6.04. The Hall–Kier alpha value is -5.17. The number of benzene rings is 2. The maximum Gasteiger partial charge on any atom is 0.248 e. The lowest BCUT2D eigenvalue weighted by molar-refractivity contribution is -0.142. The Bertz CT molecular complexity index is 2140. The topological polar surface area (TPSA) is 195 Å². The monoisotopic (exact) mass is 965 g/mol. The van der Waals surface area contributed by atoms with Gasteiger partial charge in [-0.25, -0.2) is 8.78 Å². The molecule has 0 radical (unpaired) electrons. The third-order valence-corrected chi connectivity index (χ3v) is 13.0. The van der Waals surface area contributed by atoms with Crippen LogP contribution in [0.1, 0.15) is 90.4 Å². The number of hydrogen-bond acceptors (Lipinski definition) is 11. The second-order valence-electron chi connectivity index (χ2n) is 18.8. The summed E-state index contributed by atoms with van der Waals surface area (Å²) in [6, 6.07) is 13.8. The van der Waals surface area contributed by atoms with Gasteiger partial charge < -0.3 is 49.9 Å². The molecule has 0 bridgehead atoms. The van der Waals surface area contributed by atoms with Gasteiger partial charge in [0.25, 0.3) is 0 Å². The molecule has 0 aliphatic carbocycles. The summed E-state index contributed by atoms with van der Waals surface area (Å²) in [5.41, 5.74) is 6.24. The number of carbonyl (C=O) groups is 5. The molecular formula is C52H74F2N6O9. The molecule has 5 N–H and O–H groups in total. The predicted octanol–water partition coefficient (Wildman–Crippen LogP) is 5.58. The molecule has 2 heterocycles. The van der Waals surface area contributed by atoms with Crippen molar-refractivity contribution in [2.75, 3.05) is 79.0 Å². The smallest absolute Gasteiger partial charge is 0.248 e. The van der Waals surface area contributed by atoms with Gasteiger partial charge >= 0.3 is 0 Å². The van der Waals surface area contributed by atoms with Crippen molar-refractivity contribution in [1.82, 2.24) is 25.0 Å². The normalized spacial score (nSPS) is 15.6. The van der Waals surface area contributed by atoms with Crippen LogP contribution in [-0.4, -0.2) is 134 Å². The fourth-order valence-corrected chi connectivity index (χ4v) is 9.04. The van der Waals surface area contributed by atoms with E-state index < -0.39 is 41.1 Å². The molecule has 2 aromatic carbocycles. The van der Waals surface area contributed by atoms with Gasteiger partial charge in [-0.05, 0) is 66.3 Å². The van der Waals surface area contributed by atoms with E-state index >= 15 is 4.39 Å². The number of rotatable bonds is 32. The highest BCUT2D eigenvalue weighted by Gasteiger charge is 2.48. The number of imide groups is 1. The van der Waals surface area contributed by atoms with E-state index in [0.29, 0.717) is 50.3 Å². The second kappa shape index (κ2) is 27.3. The number of aromatic nitrogens is 1. The summed E-state index contributed by atoms with van der Waals surface area (Å²) >= 11 is 0. The quantitative estimate of drug-likeness (QED) is 0.0264. The van der Waals surface area contributed by atoms with E-state index in [-0.39, 0.29) is 106 Å². The SMILES string of the molecule is C=CCC(CC)(CC)C1CC(=O)N(CCOCCOCCOCCC(=O)NCCNC[C@](N)(C=O)CCN(C(=O)CO)[C@@H](c2cc(-c3cc(F)ccc3F)cn2Cc2ccccc2)C(C)(C)C)C1=O. The molecule has 0 spiro atoms. The number of ether oxygens (including phenoxy) is 3. The first-order chi connectivity index (χ1) is 33.0. The zero-order valence-corrected chi connectivity index (χ0v) is 41.1. The van der Waals surface area contributed by atoms with Crippen LogP contribution in [-0.2, 0) is 44.7 Å². The van der Waals surface area contributed by atoms with E-state index in [4.69, 9.17) is 19.9 Å². The van der Waals surface area contributed by atoms with E-state index in [2.05, 4.69) is 31.1 Å². The molecule has 15 nitrogen and oxygen atoms in total. The summed E-state index contributed by atoms with van der Waals surface area (Å²) in [7, 11) is 0. The minimum absolute atomic E-state index is 0.0182. The lowest BCUT2D eigenvalue weighted by Gasteiger charge is -2.42. The van der Waals surface area contributed by atoms with E-state index in [1.807, 2.05) is 61.7 Å². The van der Waals surface area contributed by atoms with Crippen LogP contribution in [0.3, 0.4) is 0 Å². The molecular weight excluding hydrogens is 891 g/mol. The number of aliphatic hydroxyl groups is 1. The molecule has 1 fully saturated rings. The molecule has 3 atom stereocenters. The maximum absolute atomic E-state index is 15.1. The highest BCUT2D eigenvalue weighted by Crippen LogP contribution is 2.45. The largest absolute Gasteiger partial charge is 0.387 e. The molecule has 1 aromatic heterocycles. The maximum atomic E-state index is 15.1. The summed E-state index contributed by atoms with van der Waals surface area (Å²) in [5.74, 6) is -2.67. The lowest BCUT2D eigenvalue weighted by Crippen LogP contribution is -2.54. The predicted molar refractivity (Wildman–Crippen MR) is 260 cm³/mol. The first-order valence-corrected chi connectivity index (χ1v) is 24.0. The highest BCUT2D eigenvalue weighted by atomic mass is 19.1. The van der Waals surface area contributed by atoms with Crippen LogP contribution < -0.4 is 16.4 Å². The minimum Gasteiger partial charge on any atom is -0.387 e. The zero-order valence-electron chi connectivity index (χ0n) is 41.1. The van der Waals surface area contributed by atoms with Crippen LogP contribution >= 0.6 is 0 Å². The molecule has 4 rings (SSSR count). The molecule has 1 saturated heterocycles. The van der Waals surface area contributed by atoms with Gasteiger partial charge in [0, 0.05) is 68.6 Å². The van der Waals surface area contributed by atoms with Gasteiger partial charge in [-0.15, -0.1) is 6.58 Å². The van der Waals surface area contributed by atoms with Crippen LogP contribution in [0, 0.1) is 28.4 Å². The number of nitrogens with zero attached hydrogens (tertiary/aromatic N) is 3. The molecule has 69 heavy (non-hydrogen) atoms. The molecule has 1 aliphatic rings. The number of hydrogen-bond donors (Lipinski definition) is 4. The Morgan fingerprint density at radius 3 is 2.26 bits per heavy atom. The Balaban J connectivity index is 1.18. The minimum atomic E-state index is -1.43. The van der Waals surface area contributed by atoms with Crippen molar-refractivity contribution in [2.24, 2.45) is 22.5 Å². The average Bonchev–Trinajstić information content (AvgIpc) is 3.86. The van der Waals surface area contributed by atoms with E-state index in [1.165, 1.54) is 9.80 Å². The van der Waals surface area contributed by atoms with Crippen LogP contribution in [0.4, 0.5) is 8.78 Å². The molecule has 1 unspecified atom stereocenters. The van der Waals surface area contributed by atoms with Gasteiger partial charge in [0.1, 0.15) is 24.5 Å². The third kappa shape index (κ3) is 16.2. The van der Waals surface area contributed by atoms with E-state index in [0.717, 1.165) is 36.6 Å². The summed E-state index contributed by atoms with van der Waals surface area (Å²) in [4.78, 5) is 67.1. The summed E-state index contributed by atoms with van der Waals surface area (Å²) < 4.78 is 48.1. The number of likely N-dealkylation sites (tertiary alicyclic amines) is 1. The van der Waals surface area contributed by atoms with Crippen LogP contribution in [0.2, 0.25) is 0 Å². The number of aliphatic hydroxyl groups excluding tert-OH is 1. The van der Waals surface area contributed by atoms with Crippen LogP contribution in [0.25, 0.3) is 11.1 Å². The first kappa shape index (κ1) is 56.4. The fourth-order valence-electron chi connectivity index (χ4n) is 9.04. The Labute approximate surface area is 406 Å². The van der Waals surface area contributed by atoms with Gasteiger partial charge in [-0.2, -0.15) is 0 Å². The second-order valence-corrected chi connectivity index (χ2v) is 18.8. The Kier molecular flexibility index (Phi) is 22.3. The molecule has 3 aromatic rings. The van der Waals surface area contributed by atoms with Gasteiger partial charge in [-0.3, -0.25) is 24.1 Å². The fraction of sp³-hybridized carbons (Fsp3) is 0.558. The number of amides is 4. The van der Waals surface area contributed by atoms with Gasteiger partial charge in [0.15, 0.2) is 0 Å². The van der Waals surface area contributed by atoms with Crippen molar-refractivity contribution in [2.45, 2.75) is 91.3 Å². The molecule has 17 heteroatoms. The van der Waals surface area contributed by atoms with Crippen LogP contribution in [0.5, 0.6) is 0 Å². The molecule has 4 amide bonds. The van der Waals surface area contributed by atoms with Crippen LogP contribution in [0.15, 0.2) is 73.4 Å². The van der Waals surface area contributed by atoms with Crippen molar-refractivity contribution in [3.8, 4) is 11.1 Å². The summed E-state index contributed by atoms with van der Waals surface area (Å²) in [6.45, 7) is 15.6. The van der Waals surface area contributed by atoms with E-state index in [1.54, 1.807) is 12.3 Å². The van der Waals surface area contributed by atoms with Crippen molar-refractivity contribution in [3.63, 3.8) is 0 Å². The zero-order chi connectivity index (χ0) is 50.6. The summed E-state index contributed by atoms with van der Waals surface area (Å²) in [5, 5.41) is 16.1. The lowest BCUT2D eigenvalue weighted by atomic mass is 9.68. The number of halogens is 2. The molecule has 1 aliphatic heterocycles. The van der Waals surface area contributed by atoms with Gasteiger partial charge in [0.05, 0.1) is 63.7 Å². The third-order valence-electron chi connectivity index (χ3n) is 13.0. The number of nitrogens with one attached hydrogen (secondary N) is 2. The van der Waals surface area contributed by atoms with E-state index in [9.17, 15) is 33.5 Å². The number of aldehydes is 1. The standard InChI is InChI=1S/C52H74F2N6O9/c1-7-18-51(8-2,9-3)42-32-46(64)60(49(42)66)23-25-68-27-29-69-28-26-67-24-17-45(63)57-21-20-56-36-52(55,37-62)19-22-59(47(65)35-61)48(50(4,5)6)44-30-39(41-31-40(53)15-16-43(41)54)34-58(44)33-38-13-11-10-12-14-38/h7,10-16,30-31,34,37,42,48,56,61H,1,8-9,17-29,32-33,35-36,55H2,2-6H3,(H,57,63)/t42?,48-,52-/m0/s1. The average molecular weight is 965 g/mol. The van der Waals surface area contributed by atoms with Gasteiger partial charge in [0.2, 0.25) is 23.6 Å². The number of allylic oxidation sites excluding steroid dienone is 1. The first-order valence-electron chi connectivity index (χ1n) is 24.0. The van der Waals surface area contributed by atoms with Gasteiger partial charge in [-0.1, -0.05) is 71.0 Å². The summed E-state index contributed by atoms with van der Waals surface area (Å²) in [6.07, 6.45) is 6.82. The van der Waals surface area contributed by atoms with Crippen molar-refractivity contribution >= 4 is 29.9 Å². The Morgan fingerprint density at radius 2 is 1.64 bits per heavy atom. The Morgan fingerprint density at radius 1 is 0.971 bits per heavy atom. The van der Waals surface area contributed by atoms with Crippen molar-refractivity contribution in [3.05, 3.63) is 96.3 Å². The van der Waals surface area contributed by atoms with Crippen molar-refractivity contribution in [1.29, 1.82) is 0 Å². The van der Waals surface area contributed by atoms with Crippen molar-refractivity contribution < 1.29 is 52.1 Å². The number of carbonyl (C=O) groups excluding carboxylic acids is 5. The molecule has 380 valence electrons. The number of nitrogens with two attached hydrogens (primary N) is 1.